The number of carbonyl (C=O) groups excluding carboxylic acids is 1. The van der Waals surface area contributed by atoms with E-state index in [1.165, 1.54) is 0 Å². The lowest BCUT2D eigenvalue weighted by Crippen LogP contribution is -2.18. The van der Waals surface area contributed by atoms with Crippen LogP contribution in [-0.4, -0.2) is 10.9 Å². The van der Waals surface area contributed by atoms with Gasteiger partial charge < -0.3 is 5.11 Å². The Bertz CT molecular complexity index is 608. The molecular formula is C21H30O2. The first-order valence-corrected chi connectivity index (χ1v) is 8.31. The third kappa shape index (κ3) is 4.86. The second-order valence-electron chi connectivity index (χ2n) is 8.33. The summed E-state index contributed by atoms with van der Waals surface area (Å²) in [5.41, 5.74) is 1.65. The molecule has 0 aliphatic heterocycles. The van der Waals surface area contributed by atoms with Gasteiger partial charge >= 0.3 is 0 Å². The van der Waals surface area contributed by atoms with Gasteiger partial charge in [-0.25, -0.2) is 0 Å². The van der Waals surface area contributed by atoms with Crippen LogP contribution >= 0.6 is 0 Å². The number of benzene rings is 1. The van der Waals surface area contributed by atoms with Crippen LogP contribution in [0, 0.1) is 17.8 Å². The van der Waals surface area contributed by atoms with Crippen molar-refractivity contribution in [1.29, 1.82) is 0 Å². The first kappa shape index (κ1) is 19.3. The number of Topliss-reactive ketones (excluding diaryl/α,β-unsaturated/α-hetero) is 1. The van der Waals surface area contributed by atoms with Gasteiger partial charge in [0.2, 0.25) is 5.78 Å². The molecule has 0 aliphatic carbocycles. The maximum atomic E-state index is 12.5. The van der Waals surface area contributed by atoms with E-state index in [1.54, 1.807) is 12.1 Å². The average Bonchev–Trinajstić information content (AvgIpc) is 2.41. The number of aromatic hydroxyl groups is 1. The van der Waals surface area contributed by atoms with Gasteiger partial charge in [-0.15, -0.1) is 0 Å². The second-order valence-corrected chi connectivity index (χ2v) is 8.33. The Kier molecular flexibility index (Phi) is 5.69. The Labute approximate surface area is 141 Å². The van der Waals surface area contributed by atoms with Crippen molar-refractivity contribution in [1.82, 2.24) is 0 Å². The van der Waals surface area contributed by atoms with E-state index in [1.807, 2.05) is 48.5 Å². The molecule has 0 spiro atoms. The Hall–Kier alpha value is -1.75. The number of ketones is 1. The summed E-state index contributed by atoms with van der Waals surface area (Å²) in [6, 6.07) is 3.58. The first-order chi connectivity index (χ1) is 10.4. The Balaban J connectivity index is 3.50. The minimum absolute atomic E-state index is 0.179. The van der Waals surface area contributed by atoms with Gasteiger partial charge in [0.15, 0.2) is 0 Å². The molecule has 0 aliphatic rings. The predicted octanol–water partition coefficient (Wildman–Crippen LogP) is 5.22. The maximum Gasteiger partial charge on any atom is 0.235 e. The lowest BCUT2D eigenvalue weighted by atomic mass is 9.78. The standard InChI is InChI=1S/C21H30O2/c1-9-14(2)10-11-18(22)15-12-16(20(3,4)5)19(23)17(13-15)21(6,7)8/h12-14,23H,9H2,1-8H3/t14-/m0/s1. The molecule has 0 unspecified atom stereocenters. The molecule has 23 heavy (non-hydrogen) atoms. The molecule has 1 aromatic carbocycles. The molecule has 0 saturated carbocycles. The van der Waals surface area contributed by atoms with Crippen molar-refractivity contribution in [2.75, 3.05) is 0 Å². The largest absolute Gasteiger partial charge is 0.507 e. The number of carbonyl (C=O) groups is 1. The highest BCUT2D eigenvalue weighted by Gasteiger charge is 2.27. The Morgan fingerprint density at radius 3 is 1.87 bits per heavy atom. The second kappa shape index (κ2) is 6.79. The highest BCUT2D eigenvalue weighted by Crippen LogP contribution is 2.39. The van der Waals surface area contributed by atoms with E-state index in [-0.39, 0.29) is 28.3 Å². The quantitative estimate of drug-likeness (QED) is 0.461. The first-order valence-electron chi connectivity index (χ1n) is 8.31. The van der Waals surface area contributed by atoms with Gasteiger partial charge in [0.25, 0.3) is 0 Å². The SMILES string of the molecule is CC[C@H](C)C#CC(=O)c1cc(C(C)(C)C)c(O)c(C(C)(C)C)c1. The van der Waals surface area contributed by atoms with E-state index in [0.717, 1.165) is 17.5 Å². The van der Waals surface area contributed by atoms with Crippen LogP contribution in [0.2, 0.25) is 0 Å². The highest BCUT2D eigenvalue weighted by atomic mass is 16.3. The number of rotatable bonds is 2. The molecule has 1 N–H and O–H groups in total. The summed E-state index contributed by atoms with van der Waals surface area (Å²) in [6.45, 7) is 16.3. The number of hydrogen-bond acceptors (Lipinski definition) is 2. The maximum absolute atomic E-state index is 12.5. The number of phenols is 1. The molecule has 126 valence electrons. The van der Waals surface area contributed by atoms with Crippen LogP contribution in [0.1, 0.15) is 83.3 Å². The van der Waals surface area contributed by atoms with E-state index in [0.29, 0.717) is 5.56 Å². The molecule has 1 atom stereocenters. The smallest absolute Gasteiger partial charge is 0.235 e. The lowest BCUT2D eigenvalue weighted by Gasteiger charge is -2.27. The molecule has 0 amide bonds. The Morgan fingerprint density at radius 1 is 1.09 bits per heavy atom. The molecule has 0 fully saturated rings. The van der Waals surface area contributed by atoms with Crippen LogP contribution in [0.4, 0.5) is 0 Å². The molecule has 2 heteroatoms. The van der Waals surface area contributed by atoms with Crippen molar-refractivity contribution in [3.05, 3.63) is 28.8 Å². The molecule has 1 rings (SSSR count). The normalized spacial score (nSPS) is 13.2. The summed E-state index contributed by atoms with van der Waals surface area (Å²) < 4.78 is 0. The van der Waals surface area contributed by atoms with Crippen LogP contribution in [0.25, 0.3) is 0 Å². The van der Waals surface area contributed by atoms with Crippen molar-refractivity contribution < 1.29 is 9.90 Å². The van der Waals surface area contributed by atoms with Gasteiger partial charge in [-0.3, -0.25) is 4.79 Å². The van der Waals surface area contributed by atoms with E-state index in [4.69, 9.17) is 0 Å². The molecule has 1 aromatic rings. The fourth-order valence-corrected chi connectivity index (χ4v) is 2.27. The fraction of sp³-hybridized carbons (Fsp3) is 0.571. The minimum Gasteiger partial charge on any atom is -0.507 e. The lowest BCUT2D eigenvalue weighted by molar-refractivity contribution is 0.105. The van der Waals surface area contributed by atoms with Gasteiger partial charge in [0.05, 0.1) is 0 Å². The third-order valence-electron chi connectivity index (χ3n) is 4.03. The van der Waals surface area contributed by atoms with E-state index < -0.39 is 0 Å². The van der Waals surface area contributed by atoms with Crippen molar-refractivity contribution in [2.45, 2.75) is 72.6 Å². The van der Waals surface area contributed by atoms with E-state index in [9.17, 15) is 9.90 Å². The number of hydrogen-bond donors (Lipinski definition) is 1. The molecule has 0 bridgehead atoms. The summed E-state index contributed by atoms with van der Waals surface area (Å²) in [4.78, 5) is 12.5. The summed E-state index contributed by atoms with van der Waals surface area (Å²) in [5.74, 6) is 6.07. The van der Waals surface area contributed by atoms with Crippen LogP contribution in [0.3, 0.4) is 0 Å². The monoisotopic (exact) mass is 314 g/mol. The fourth-order valence-electron chi connectivity index (χ4n) is 2.27. The highest BCUT2D eigenvalue weighted by molar-refractivity contribution is 6.09. The molecule has 0 saturated heterocycles. The van der Waals surface area contributed by atoms with Crippen LogP contribution in [0.5, 0.6) is 5.75 Å². The van der Waals surface area contributed by atoms with Gasteiger partial charge in [0, 0.05) is 22.6 Å². The van der Waals surface area contributed by atoms with Gasteiger partial charge in [-0.2, -0.15) is 0 Å². The van der Waals surface area contributed by atoms with Crippen LogP contribution in [0.15, 0.2) is 12.1 Å². The zero-order valence-corrected chi connectivity index (χ0v) is 15.8. The molecular weight excluding hydrogens is 284 g/mol. The third-order valence-corrected chi connectivity index (χ3v) is 4.03. The van der Waals surface area contributed by atoms with E-state index in [2.05, 4.69) is 18.8 Å². The van der Waals surface area contributed by atoms with Crippen molar-refractivity contribution in [3.63, 3.8) is 0 Å². The zero-order chi connectivity index (χ0) is 18.0. The molecule has 0 heterocycles. The number of phenolic OH excluding ortho intramolecular Hbond substituents is 1. The molecule has 0 radical (unpaired) electrons. The van der Waals surface area contributed by atoms with Crippen LogP contribution < -0.4 is 0 Å². The van der Waals surface area contributed by atoms with Crippen LogP contribution in [-0.2, 0) is 10.8 Å². The Morgan fingerprint density at radius 2 is 1.52 bits per heavy atom. The summed E-state index contributed by atoms with van der Waals surface area (Å²) in [7, 11) is 0. The van der Waals surface area contributed by atoms with Gasteiger partial charge in [-0.1, -0.05) is 61.3 Å². The summed E-state index contributed by atoms with van der Waals surface area (Å²) >= 11 is 0. The van der Waals surface area contributed by atoms with E-state index >= 15 is 0 Å². The molecule has 0 aromatic heterocycles. The van der Waals surface area contributed by atoms with Gasteiger partial charge in [-0.05, 0) is 35.3 Å². The van der Waals surface area contributed by atoms with Crippen molar-refractivity contribution in [3.8, 4) is 17.6 Å². The van der Waals surface area contributed by atoms with Crippen molar-refractivity contribution >= 4 is 5.78 Å². The minimum atomic E-state index is -0.246. The summed E-state index contributed by atoms with van der Waals surface area (Å²) in [6.07, 6.45) is 0.927. The predicted molar refractivity (Wildman–Crippen MR) is 97.1 cm³/mol. The average molecular weight is 314 g/mol. The zero-order valence-electron chi connectivity index (χ0n) is 15.8. The molecule has 2 nitrogen and oxygen atoms in total. The van der Waals surface area contributed by atoms with Gasteiger partial charge in [0.1, 0.15) is 5.75 Å². The van der Waals surface area contributed by atoms with Crippen molar-refractivity contribution in [2.24, 2.45) is 5.92 Å². The topological polar surface area (TPSA) is 37.3 Å². The summed E-state index contributed by atoms with van der Waals surface area (Å²) in [5, 5.41) is 10.7.